The summed E-state index contributed by atoms with van der Waals surface area (Å²) in [6.45, 7) is 2.75. The second-order valence-corrected chi connectivity index (χ2v) is 4.06. The molecule has 1 unspecified atom stereocenters. The lowest BCUT2D eigenvalue weighted by atomic mass is 10.2. The number of aliphatic hydroxyl groups is 1. The third-order valence-electron chi connectivity index (χ3n) is 2.60. The summed E-state index contributed by atoms with van der Waals surface area (Å²) in [4.78, 5) is 0. The summed E-state index contributed by atoms with van der Waals surface area (Å²) in [7, 11) is 0. The molecule has 0 saturated carbocycles. The van der Waals surface area contributed by atoms with E-state index in [0.29, 0.717) is 6.61 Å². The highest BCUT2D eigenvalue weighted by Crippen LogP contribution is 2.06. The van der Waals surface area contributed by atoms with Crippen LogP contribution in [-0.2, 0) is 11.2 Å². The fourth-order valence-electron chi connectivity index (χ4n) is 1.61. The summed E-state index contributed by atoms with van der Waals surface area (Å²) in [5, 5.41) is 9.53. The molecule has 0 amide bonds. The molecule has 0 fully saturated rings. The van der Waals surface area contributed by atoms with Crippen molar-refractivity contribution in [2.45, 2.75) is 45.3 Å². The second-order valence-electron chi connectivity index (χ2n) is 4.06. The molecule has 0 aromatic heterocycles. The molecule has 1 atom stereocenters. The monoisotopic (exact) mass is 222 g/mol. The maximum atomic E-state index is 9.53. The lowest BCUT2D eigenvalue weighted by Gasteiger charge is -2.11. The predicted molar refractivity (Wildman–Crippen MR) is 66.2 cm³/mol. The van der Waals surface area contributed by atoms with Crippen LogP contribution in [0.3, 0.4) is 0 Å². The highest BCUT2D eigenvalue weighted by atomic mass is 16.6. The first-order valence-corrected chi connectivity index (χ1v) is 6.16. The molecule has 0 spiro atoms. The first kappa shape index (κ1) is 13.2. The van der Waals surface area contributed by atoms with Crippen molar-refractivity contribution in [3.8, 4) is 0 Å². The molecule has 90 valence electrons. The maximum absolute atomic E-state index is 9.53. The molecule has 0 heterocycles. The summed E-state index contributed by atoms with van der Waals surface area (Å²) in [6, 6.07) is 10.2. The second kappa shape index (κ2) is 8.31. The third kappa shape index (κ3) is 5.89. The highest BCUT2D eigenvalue weighted by Gasteiger charge is 2.03. The van der Waals surface area contributed by atoms with Crippen molar-refractivity contribution in [2.24, 2.45) is 0 Å². The Balaban J connectivity index is 2.06. The zero-order valence-electron chi connectivity index (χ0n) is 10.1. The average molecular weight is 222 g/mol. The predicted octanol–water partition coefficient (Wildman–Crippen LogP) is 3.14. The van der Waals surface area contributed by atoms with Gasteiger partial charge < -0.3 is 9.84 Å². The van der Waals surface area contributed by atoms with Crippen molar-refractivity contribution in [2.75, 3.05) is 6.61 Å². The summed E-state index contributed by atoms with van der Waals surface area (Å²) in [5.41, 5.74) is 1.25. The minimum atomic E-state index is -0.588. The fraction of sp³-hybridized carbons (Fsp3) is 0.571. The zero-order chi connectivity index (χ0) is 11.6. The Morgan fingerprint density at radius 2 is 1.94 bits per heavy atom. The Kier molecular flexibility index (Phi) is 6.86. The van der Waals surface area contributed by atoms with Crippen LogP contribution in [0.5, 0.6) is 0 Å². The van der Waals surface area contributed by atoms with Gasteiger partial charge >= 0.3 is 0 Å². The fourth-order valence-corrected chi connectivity index (χ4v) is 1.61. The van der Waals surface area contributed by atoms with Crippen molar-refractivity contribution in [1.29, 1.82) is 0 Å². The van der Waals surface area contributed by atoms with E-state index < -0.39 is 6.29 Å². The van der Waals surface area contributed by atoms with Crippen LogP contribution in [0.25, 0.3) is 0 Å². The average Bonchev–Trinajstić information content (AvgIpc) is 2.31. The van der Waals surface area contributed by atoms with E-state index in [-0.39, 0.29) is 0 Å². The number of ether oxygens (including phenoxy) is 1. The SMILES string of the molecule is CCCCCC(O)OCCc1ccccc1. The van der Waals surface area contributed by atoms with Crippen molar-refractivity contribution in [3.63, 3.8) is 0 Å². The van der Waals surface area contributed by atoms with E-state index in [1.165, 1.54) is 18.4 Å². The maximum Gasteiger partial charge on any atom is 0.154 e. The Hall–Kier alpha value is -0.860. The van der Waals surface area contributed by atoms with Gasteiger partial charge in [-0.25, -0.2) is 0 Å². The molecule has 16 heavy (non-hydrogen) atoms. The van der Waals surface area contributed by atoms with E-state index in [2.05, 4.69) is 19.1 Å². The van der Waals surface area contributed by atoms with Gasteiger partial charge in [0.25, 0.3) is 0 Å². The van der Waals surface area contributed by atoms with Crippen LogP contribution in [-0.4, -0.2) is 18.0 Å². The Morgan fingerprint density at radius 1 is 1.19 bits per heavy atom. The smallest absolute Gasteiger partial charge is 0.154 e. The standard InChI is InChI=1S/C14H22O2/c1-2-3-5-10-14(15)16-12-11-13-8-6-4-7-9-13/h4,6-9,14-15H,2-3,5,10-12H2,1H3. The first-order valence-electron chi connectivity index (χ1n) is 6.16. The summed E-state index contributed by atoms with van der Waals surface area (Å²) >= 11 is 0. The molecule has 0 saturated heterocycles. The van der Waals surface area contributed by atoms with Gasteiger partial charge in [0.05, 0.1) is 6.61 Å². The van der Waals surface area contributed by atoms with Crippen LogP contribution >= 0.6 is 0 Å². The molecule has 2 nitrogen and oxygen atoms in total. The number of aliphatic hydroxyl groups excluding tert-OH is 1. The molecule has 1 rings (SSSR count). The van der Waals surface area contributed by atoms with E-state index in [9.17, 15) is 5.11 Å². The van der Waals surface area contributed by atoms with Gasteiger partial charge in [-0.1, -0.05) is 50.1 Å². The van der Waals surface area contributed by atoms with Crippen LogP contribution in [0, 0.1) is 0 Å². The van der Waals surface area contributed by atoms with Gasteiger partial charge in [0.15, 0.2) is 6.29 Å². The van der Waals surface area contributed by atoms with Crippen molar-refractivity contribution in [1.82, 2.24) is 0 Å². The summed E-state index contributed by atoms with van der Waals surface area (Å²) in [6.07, 6.45) is 4.42. The molecule has 0 bridgehead atoms. The summed E-state index contributed by atoms with van der Waals surface area (Å²) < 4.78 is 5.35. The molecule has 1 aromatic carbocycles. The summed E-state index contributed by atoms with van der Waals surface area (Å²) in [5.74, 6) is 0. The number of benzene rings is 1. The lowest BCUT2D eigenvalue weighted by Crippen LogP contribution is -2.13. The minimum absolute atomic E-state index is 0.588. The first-order chi connectivity index (χ1) is 7.83. The minimum Gasteiger partial charge on any atom is -0.368 e. The molecule has 0 aliphatic heterocycles. The van der Waals surface area contributed by atoms with Crippen LogP contribution in [0.4, 0.5) is 0 Å². The van der Waals surface area contributed by atoms with Gasteiger partial charge in [-0.3, -0.25) is 0 Å². The van der Waals surface area contributed by atoms with Gasteiger partial charge in [0, 0.05) is 0 Å². The number of rotatable bonds is 8. The normalized spacial score (nSPS) is 12.6. The van der Waals surface area contributed by atoms with Gasteiger partial charge in [-0.2, -0.15) is 0 Å². The van der Waals surface area contributed by atoms with E-state index in [1.54, 1.807) is 0 Å². The largest absolute Gasteiger partial charge is 0.368 e. The van der Waals surface area contributed by atoms with Crippen LogP contribution in [0.2, 0.25) is 0 Å². The van der Waals surface area contributed by atoms with Gasteiger partial charge in [0.1, 0.15) is 0 Å². The molecular formula is C14H22O2. The molecule has 1 aromatic rings. The molecule has 0 aliphatic carbocycles. The van der Waals surface area contributed by atoms with E-state index in [4.69, 9.17) is 4.74 Å². The van der Waals surface area contributed by atoms with E-state index >= 15 is 0 Å². The topological polar surface area (TPSA) is 29.5 Å². The van der Waals surface area contributed by atoms with Crippen LogP contribution in [0.1, 0.15) is 38.2 Å². The molecule has 2 heteroatoms. The highest BCUT2D eigenvalue weighted by molar-refractivity contribution is 5.14. The Bertz CT molecular complexity index is 259. The van der Waals surface area contributed by atoms with Crippen molar-refractivity contribution < 1.29 is 9.84 Å². The number of unbranched alkanes of at least 4 members (excludes halogenated alkanes) is 2. The van der Waals surface area contributed by atoms with Crippen LogP contribution < -0.4 is 0 Å². The molecular weight excluding hydrogens is 200 g/mol. The molecule has 0 aliphatic rings. The molecule has 0 radical (unpaired) electrons. The Labute approximate surface area is 98.3 Å². The van der Waals surface area contributed by atoms with Crippen molar-refractivity contribution >= 4 is 0 Å². The van der Waals surface area contributed by atoms with E-state index in [1.807, 2.05) is 18.2 Å². The zero-order valence-corrected chi connectivity index (χ0v) is 10.1. The van der Waals surface area contributed by atoms with Crippen molar-refractivity contribution in [3.05, 3.63) is 35.9 Å². The third-order valence-corrected chi connectivity index (χ3v) is 2.60. The van der Waals surface area contributed by atoms with E-state index in [0.717, 1.165) is 19.3 Å². The quantitative estimate of drug-likeness (QED) is 0.541. The van der Waals surface area contributed by atoms with Gasteiger partial charge in [0.2, 0.25) is 0 Å². The lowest BCUT2D eigenvalue weighted by molar-refractivity contribution is -0.103. The van der Waals surface area contributed by atoms with Gasteiger partial charge in [-0.05, 0) is 24.8 Å². The molecule has 1 N–H and O–H groups in total. The van der Waals surface area contributed by atoms with Gasteiger partial charge in [-0.15, -0.1) is 0 Å². The van der Waals surface area contributed by atoms with Crippen LogP contribution in [0.15, 0.2) is 30.3 Å². The number of hydrogen-bond donors (Lipinski definition) is 1. The Morgan fingerprint density at radius 3 is 2.62 bits per heavy atom. The number of hydrogen-bond acceptors (Lipinski definition) is 2.